The van der Waals surface area contributed by atoms with E-state index in [-0.39, 0.29) is 25.0 Å². The van der Waals surface area contributed by atoms with Gasteiger partial charge in [-0.3, -0.25) is 4.79 Å². The molecule has 0 aliphatic heterocycles. The van der Waals surface area contributed by atoms with Crippen LogP contribution in [0.25, 0.3) is 0 Å². The summed E-state index contributed by atoms with van der Waals surface area (Å²) in [5.41, 5.74) is 0. The van der Waals surface area contributed by atoms with Crippen LogP contribution in [0.2, 0.25) is 10.0 Å². The van der Waals surface area contributed by atoms with Gasteiger partial charge in [-0.15, -0.1) is 0 Å². The van der Waals surface area contributed by atoms with E-state index in [1.54, 1.807) is 32.2 Å². The van der Waals surface area contributed by atoms with Gasteiger partial charge in [-0.25, -0.2) is 0 Å². The molecule has 3 N–H and O–H groups in total. The van der Waals surface area contributed by atoms with E-state index in [2.05, 4.69) is 10.6 Å². The van der Waals surface area contributed by atoms with Crippen molar-refractivity contribution >= 4 is 29.1 Å². The first-order valence-corrected chi connectivity index (χ1v) is 7.38. The van der Waals surface area contributed by atoms with E-state index < -0.39 is 6.10 Å². The summed E-state index contributed by atoms with van der Waals surface area (Å²) in [6, 6.07) is 5.02. The molecule has 118 valence electrons. The van der Waals surface area contributed by atoms with Crippen molar-refractivity contribution in [1.29, 1.82) is 0 Å². The van der Waals surface area contributed by atoms with Gasteiger partial charge in [0.05, 0.1) is 5.02 Å². The average Bonchev–Trinajstić information content (AvgIpc) is 2.46. The first-order valence-electron chi connectivity index (χ1n) is 6.62. The molecule has 0 saturated heterocycles. The molecule has 5 nitrogen and oxygen atoms in total. The fraction of sp³-hybridized carbons (Fsp3) is 0.500. The number of aliphatic hydroxyl groups excluding tert-OH is 1. The van der Waals surface area contributed by atoms with Gasteiger partial charge in [0.2, 0.25) is 5.91 Å². The molecule has 1 aromatic carbocycles. The summed E-state index contributed by atoms with van der Waals surface area (Å²) < 4.78 is 5.39. The van der Waals surface area contributed by atoms with Gasteiger partial charge in [-0.2, -0.15) is 0 Å². The third kappa shape index (κ3) is 6.09. The Kier molecular flexibility index (Phi) is 7.82. The van der Waals surface area contributed by atoms with Crippen molar-refractivity contribution in [3.05, 3.63) is 28.2 Å². The Morgan fingerprint density at radius 3 is 2.76 bits per heavy atom. The van der Waals surface area contributed by atoms with Gasteiger partial charge in [0.1, 0.15) is 23.5 Å². The van der Waals surface area contributed by atoms with E-state index in [0.29, 0.717) is 22.3 Å². The number of nitrogens with one attached hydrogen (secondary N) is 2. The second kappa shape index (κ2) is 9.10. The molecule has 0 saturated carbocycles. The van der Waals surface area contributed by atoms with Crippen molar-refractivity contribution < 1.29 is 14.6 Å². The summed E-state index contributed by atoms with van der Waals surface area (Å²) in [6.07, 6.45) is -0.828. The monoisotopic (exact) mass is 334 g/mol. The Bertz CT molecular complexity index is 472. The molecule has 0 aliphatic rings. The highest BCUT2D eigenvalue weighted by atomic mass is 35.5. The molecule has 0 radical (unpaired) electrons. The second-order valence-corrected chi connectivity index (χ2v) is 5.51. The van der Waals surface area contributed by atoms with E-state index in [9.17, 15) is 9.90 Å². The fourth-order valence-corrected chi connectivity index (χ4v) is 1.98. The summed E-state index contributed by atoms with van der Waals surface area (Å²) in [5.74, 6) is 0.118. The largest absolute Gasteiger partial charge is 0.489 e. The highest BCUT2D eigenvalue weighted by Gasteiger charge is 2.14. The summed E-state index contributed by atoms with van der Waals surface area (Å²) in [4.78, 5) is 11.7. The molecule has 0 aliphatic carbocycles. The van der Waals surface area contributed by atoms with Crippen molar-refractivity contribution in [3.63, 3.8) is 0 Å². The molecular weight excluding hydrogens is 315 g/mol. The van der Waals surface area contributed by atoms with Crippen molar-refractivity contribution in [2.75, 3.05) is 26.7 Å². The summed E-state index contributed by atoms with van der Waals surface area (Å²) in [5, 5.41) is 16.1. The molecule has 1 amide bonds. The maximum absolute atomic E-state index is 11.7. The zero-order chi connectivity index (χ0) is 15.8. The minimum atomic E-state index is -0.828. The first kappa shape index (κ1) is 18.0. The smallest absolute Gasteiger partial charge is 0.224 e. The maximum Gasteiger partial charge on any atom is 0.224 e. The highest BCUT2D eigenvalue weighted by molar-refractivity contribution is 6.42. The number of rotatable bonds is 8. The third-order valence-corrected chi connectivity index (χ3v) is 3.62. The van der Waals surface area contributed by atoms with Crippen molar-refractivity contribution in [3.8, 4) is 5.75 Å². The van der Waals surface area contributed by atoms with Crippen molar-refractivity contribution in [2.24, 2.45) is 5.92 Å². The van der Waals surface area contributed by atoms with E-state index in [1.165, 1.54) is 0 Å². The molecule has 21 heavy (non-hydrogen) atoms. The van der Waals surface area contributed by atoms with Crippen LogP contribution in [-0.2, 0) is 4.79 Å². The normalized spacial score (nSPS) is 13.6. The predicted molar refractivity (Wildman–Crippen MR) is 84.1 cm³/mol. The van der Waals surface area contributed by atoms with Gasteiger partial charge in [0.25, 0.3) is 0 Å². The summed E-state index contributed by atoms with van der Waals surface area (Å²) in [6.45, 7) is 2.52. The van der Waals surface area contributed by atoms with E-state index in [0.717, 1.165) is 0 Å². The van der Waals surface area contributed by atoms with Crippen LogP contribution in [0.4, 0.5) is 0 Å². The van der Waals surface area contributed by atoms with Gasteiger partial charge in [-0.05, 0) is 19.2 Å². The number of amides is 1. The minimum Gasteiger partial charge on any atom is -0.489 e. The molecule has 1 aromatic rings. The number of aliphatic hydroxyl groups is 1. The lowest BCUT2D eigenvalue weighted by Gasteiger charge is -2.16. The van der Waals surface area contributed by atoms with Gasteiger partial charge in [0.15, 0.2) is 0 Å². The number of hydrogen-bond donors (Lipinski definition) is 3. The summed E-state index contributed by atoms with van der Waals surface area (Å²) in [7, 11) is 1.78. The molecule has 0 fully saturated rings. The Morgan fingerprint density at radius 1 is 1.38 bits per heavy atom. The Labute approximate surface area is 134 Å². The molecule has 1 rings (SSSR count). The number of benzene rings is 1. The van der Waals surface area contributed by atoms with Crippen LogP contribution in [0.3, 0.4) is 0 Å². The van der Waals surface area contributed by atoms with Crippen LogP contribution in [0, 0.1) is 5.92 Å². The number of carbonyl (C=O) groups is 1. The van der Waals surface area contributed by atoms with Crippen molar-refractivity contribution in [1.82, 2.24) is 10.6 Å². The Morgan fingerprint density at radius 2 is 2.10 bits per heavy atom. The SMILES string of the molecule is CNCC(C)C(=O)NCC(O)COc1cccc(Cl)c1Cl. The van der Waals surface area contributed by atoms with E-state index in [4.69, 9.17) is 27.9 Å². The Hall–Kier alpha value is -1.01. The minimum absolute atomic E-state index is 0.0146. The topological polar surface area (TPSA) is 70.6 Å². The lowest BCUT2D eigenvalue weighted by atomic mass is 10.1. The van der Waals surface area contributed by atoms with Crippen LogP contribution in [0.15, 0.2) is 18.2 Å². The van der Waals surface area contributed by atoms with Crippen LogP contribution < -0.4 is 15.4 Å². The highest BCUT2D eigenvalue weighted by Crippen LogP contribution is 2.31. The molecule has 2 unspecified atom stereocenters. The van der Waals surface area contributed by atoms with Crippen LogP contribution in [0.1, 0.15) is 6.92 Å². The molecular formula is C14H20Cl2N2O3. The zero-order valence-electron chi connectivity index (χ0n) is 12.0. The molecule has 7 heteroatoms. The maximum atomic E-state index is 11.7. The van der Waals surface area contributed by atoms with Gasteiger partial charge in [-0.1, -0.05) is 36.2 Å². The first-order chi connectivity index (χ1) is 9.95. The standard InChI is InChI=1S/C14H20Cl2N2O3/c1-9(6-17-2)14(20)18-7-10(19)8-21-12-5-3-4-11(15)13(12)16/h3-5,9-10,17,19H,6-8H2,1-2H3,(H,18,20). The van der Waals surface area contributed by atoms with E-state index in [1.807, 2.05) is 0 Å². The zero-order valence-corrected chi connectivity index (χ0v) is 13.5. The molecule has 0 heterocycles. The predicted octanol–water partition coefficient (Wildman–Crippen LogP) is 1.70. The second-order valence-electron chi connectivity index (χ2n) is 4.72. The number of ether oxygens (including phenoxy) is 1. The Balaban J connectivity index is 2.36. The van der Waals surface area contributed by atoms with Gasteiger partial charge < -0.3 is 20.5 Å². The third-order valence-electron chi connectivity index (χ3n) is 2.82. The van der Waals surface area contributed by atoms with E-state index >= 15 is 0 Å². The van der Waals surface area contributed by atoms with Gasteiger partial charge >= 0.3 is 0 Å². The van der Waals surface area contributed by atoms with Crippen LogP contribution in [0.5, 0.6) is 5.75 Å². The quantitative estimate of drug-likeness (QED) is 0.676. The number of carbonyl (C=O) groups excluding carboxylic acids is 1. The average molecular weight is 335 g/mol. The molecule has 0 aromatic heterocycles. The lowest BCUT2D eigenvalue weighted by molar-refractivity contribution is -0.124. The van der Waals surface area contributed by atoms with Gasteiger partial charge in [0, 0.05) is 19.0 Å². The van der Waals surface area contributed by atoms with Crippen molar-refractivity contribution in [2.45, 2.75) is 13.0 Å². The van der Waals surface area contributed by atoms with Crippen LogP contribution in [-0.4, -0.2) is 43.9 Å². The number of halogens is 2. The fourth-order valence-electron chi connectivity index (χ4n) is 1.63. The summed E-state index contributed by atoms with van der Waals surface area (Å²) >= 11 is 11.8. The number of hydrogen-bond acceptors (Lipinski definition) is 4. The molecule has 0 bridgehead atoms. The lowest BCUT2D eigenvalue weighted by Crippen LogP contribution is -2.40. The molecule has 0 spiro atoms. The van der Waals surface area contributed by atoms with Crippen LogP contribution >= 0.6 is 23.2 Å². The molecule has 2 atom stereocenters.